The van der Waals surface area contributed by atoms with Crippen LogP contribution in [0.5, 0.6) is 0 Å². The average molecular weight is 298 g/mol. The lowest BCUT2D eigenvalue weighted by molar-refractivity contribution is 0.298. The van der Waals surface area contributed by atoms with Gasteiger partial charge in [0, 0.05) is 22.9 Å². The fraction of sp³-hybridized carbons (Fsp3) is 0.625. The van der Waals surface area contributed by atoms with Gasteiger partial charge < -0.3 is 5.32 Å². The van der Waals surface area contributed by atoms with Crippen molar-refractivity contribution in [3.63, 3.8) is 0 Å². The first-order chi connectivity index (χ1) is 9.00. The van der Waals surface area contributed by atoms with E-state index in [-0.39, 0.29) is 0 Å². The van der Waals surface area contributed by atoms with Gasteiger partial charge in [0.25, 0.3) is 0 Å². The van der Waals surface area contributed by atoms with Crippen molar-refractivity contribution >= 4 is 23.4 Å². The van der Waals surface area contributed by atoms with Crippen LogP contribution in [0.25, 0.3) is 0 Å². The van der Waals surface area contributed by atoms with Gasteiger partial charge in [-0.1, -0.05) is 44.5 Å². The highest BCUT2D eigenvalue weighted by Crippen LogP contribution is 2.34. The first kappa shape index (κ1) is 15.2. The van der Waals surface area contributed by atoms with Crippen LogP contribution >= 0.6 is 23.4 Å². The van der Waals surface area contributed by atoms with Crippen molar-refractivity contribution in [1.82, 2.24) is 5.32 Å². The lowest BCUT2D eigenvalue weighted by Gasteiger charge is -2.37. The molecule has 2 rings (SSSR count). The van der Waals surface area contributed by atoms with Crippen molar-refractivity contribution in [3.8, 4) is 0 Å². The molecule has 1 aromatic carbocycles. The van der Waals surface area contributed by atoms with Crippen LogP contribution in [0.3, 0.4) is 0 Å². The van der Waals surface area contributed by atoms with E-state index >= 15 is 0 Å². The Bertz CT molecular complexity index is 402. The lowest BCUT2D eigenvalue weighted by atomic mass is 9.87. The van der Waals surface area contributed by atoms with Crippen LogP contribution in [0.1, 0.15) is 45.2 Å². The number of nitrogens with one attached hydrogen (secondary N) is 1. The van der Waals surface area contributed by atoms with E-state index in [0.29, 0.717) is 17.5 Å². The van der Waals surface area contributed by atoms with Gasteiger partial charge in [0.1, 0.15) is 0 Å². The normalized spacial score (nSPS) is 24.1. The number of hydrogen-bond acceptors (Lipinski definition) is 2. The Balaban J connectivity index is 2.01. The first-order valence-electron chi connectivity index (χ1n) is 7.09. The molecule has 0 spiro atoms. The summed E-state index contributed by atoms with van der Waals surface area (Å²) in [6.07, 6.45) is 2.38. The van der Waals surface area contributed by atoms with Gasteiger partial charge in [-0.3, -0.25) is 0 Å². The molecule has 106 valence electrons. The molecular weight excluding hydrogens is 274 g/mol. The van der Waals surface area contributed by atoms with E-state index < -0.39 is 0 Å². The van der Waals surface area contributed by atoms with Gasteiger partial charge in [0.15, 0.2) is 0 Å². The van der Waals surface area contributed by atoms with Crippen LogP contribution in [0.15, 0.2) is 24.3 Å². The van der Waals surface area contributed by atoms with Crippen molar-refractivity contribution < 1.29 is 0 Å². The Morgan fingerprint density at radius 2 is 2.05 bits per heavy atom. The minimum Gasteiger partial charge on any atom is -0.306 e. The van der Waals surface area contributed by atoms with E-state index in [0.717, 1.165) is 11.4 Å². The van der Waals surface area contributed by atoms with Crippen LogP contribution in [0.2, 0.25) is 5.02 Å². The summed E-state index contributed by atoms with van der Waals surface area (Å²) in [5.41, 5.74) is 1.80. The molecule has 1 saturated heterocycles. The standard InChI is InChI=1S/C16H24ClNS/c1-4-15(12-5-7-13(17)8-6-12)18-14-9-16(2,3)11-19-10-14/h5-8,14-15,18H,4,9-11H2,1-3H3. The van der Waals surface area contributed by atoms with Gasteiger partial charge in [-0.15, -0.1) is 0 Å². The van der Waals surface area contributed by atoms with Gasteiger partial charge in [0.2, 0.25) is 0 Å². The fourth-order valence-corrected chi connectivity index (χ4v) is 4.21. The molecule has 0 saturated carbocycles. The maximum absolute atomic E-state index is 5.97. The second-order valence-electron chi connectivity index (χ2n) is 6.26. The van der Waals surface area contributed by atoms with E-state index in [1.54, 1.807) is 0 Å². The molecule has 3 heteroatoms. The maximum atomic E-state index is 5.97. The van der Waals surface area contributed by atoms with E-state index in [1.165, 1.54) is 23.5 Å². The third-order valence-corrected chi connectivity index (χ3v) is 5.60. The number of rotatable bonds is 4. The van der Waals surface area contributed by atoms with Crippen LogP contribution in [-0.4, -0.2) is 17.5 Å². The summed E-state index contributed by atoms with van der Waals surface area (Å²) in [5, 5.41) is 4.65. The SMILES string of the molecule is CCC(NC1CSCC(C)(C)C1)c1ccc(Cl)cc1. The molecule has 2 atom stereocenters. The molecule has 0 bridgehead atoms. The third-order valence-electron chi connectivity index (χ3n) is 3.73. The monoisotopic (exact) mass is 297 g/mol. The average Bonchev–Trinajstić information content (AvgIpc) is 2.36. The largest absolute Gasteiger partial charge is 0.306 e. The zero-order valence-electron chi connectivity index (χ0n) is 12.1. The minimum absolute atomic E-state index is 0.441. The molecule has 1 aliphatic heterocycles. The Labute approximate surface area is 126 Å². The fourth-order valence-electron chi connectivity index (χ4n) is 2.80. The summed E-state index contributed by atoms with van der Waals surface area (Å²) >= 11 is 8.04. The third kappa shape index (κ3) is 4.40. The van der Waals surface area contributed by atoms with Crippen molar-refractivity contribution in [2.45, 2.75) is 45.7 Å². The summed E-state index contributed by atoms with van der Waals surface area (Å²) in [6, 6.07) is 9.32. The van der Waals surface area contributed by atoms with Crippen LogP contribution in [-0.2, 0) is 0 Å². The molecule has 1 aliphatic rings. The first-order valence-corrected chi connectivity index (χ1v) is 8.63. The Hall–Kier alpha value is -0.180. The van der Waals surface area contributed by atoms with Gasteiger partial charge in [0.05, 0.1) is 0 Å². The summed E-state index contributed by atoms with van der Waals surface area (Å²) in [6.45, 7) is 6.99. The Morgan fingerprint density at radius 3 is 2.63 bits per heavy atom. The van der Waals surface area contributed by atoms with Crippen molar-refractivity contribution in [3.05, 3.63) is 34.9 Å². The Morgan fingerprint density at radius 1 is 1.37 bits per heavy atom. The molecule has 2 unspecified atom stereocenters. The summed E-state index contributed by atoms with van der Waals surface area (Å²) < 4.78 is 0. The molecule has 0 radical (unpaired) electrons. The summed E-state index contributed by atoms with van der Waals surface area (Å²) in [4.78, 5) is 0. The van der Waals surface area contributed by atoms with E-state index in [1.807, 2.05) is 12.1 Å². The van der Waals surface area contributed by atoms with Gasteiger partial charge in [-0.05, 0) is 41.7 Å². The molecule has 0 amide bonds. The second kappa shape index (κ2) is 6.51. The predicted octanol–water partition coefficient (Wildman–Crippen LogP) is 4.91. The summed E-state index contributed by atoms with van der Waals surface area (Å²) in [5.74, 6) is 2.51. The van der Waals surface area contributed by atoms with Gasteiger partial charge in [-0.2, -0.15) is 11.8 Å². The number of hydrogen-bond donors (Lipinski definition) is 1. The molecule has 1 aromatic rings. The highest BCUT2D eigenvalue weighted by molar-refractivity contribution is 7.99. The molecule has 0 aromatic heterocycles. The van der Waals surface area contributed by atoms with Gasteiger partial charge in [-0.25, -0.2) is 0 Å². The number of halogens is 1. The van der Waals surface area contributed by atoms with E-state index in [9.17, 15) is 0 Å². The minimum atomic E-state index is 0.441. The zero-order valence-corrected chi connectivity index (χ0v) is 13.7. The quantitative estimate of drug-likeness (QED) is 0.847. The molecule has 1 nitrogen and oxygen atoms in total. The highest BCUT2D eigenvalue weighted by Gasteiger charge is 2.29. The summed E-state index contributed by atoms with van der Waals surface area (Å²) in [7, 11) is 0. The maximum Gasteiger partial charge on any atom is 0.0406 e. The smallest absolute Gasteiger partial charge is 0.0406 e. The predicted molar refractivity (Wildman–Crippen MR) is 87.1 cm³/mol. The number of thioether (sulfide) groups is 1. The van der Waals surface area contributed by atoms with Crippen molar-refractivity contribution in [2.24, 2.45) is 5.41 Å². The lowest BCUT2D eigenvalue weighted by Crippen LogP contribution is -2.41. The molecule has 1 fully saturated rings. The highest BCUT2D eigenvalue weighted by atomic mass is 35.5. The van der Waals surface area contributed by atoms with E-state index in [4.69, 9.17) is 11.6 Å². The molecular formula is C16H24ClNS. The molecule has 0 aliphatic carbocycles. The van der Waals surface area contributed by atoms with Crippen LogP contribution in [0, 0.1) is 5.41 Å². The van der Waals surface area contributed by atoms with Crippen LogP contribution in [0.4, 0.5) is 0 Å². The second-order valence-corrected chi connectivity index (χ2v) is 7.73. The molecule has 1 heterocycles. The molecule has 1 N–H and O–H groups in total. The van der Waals surface area contributed by atoms with Crippen LogP contribution < -0.4 is 5.32 Å². The topological polar surface area (TPSA) is 12.0 Å². The number of benzene rings is 1. The van der Waals surface area contributed by atoms with E-state index in [2.05, 4.69) is 50.0 Å². The van der Waals surface area contributed by atoms with Gasteiger partial charge >= 0.3 is 0 Å². The van der Waals surface area contributed by atoms with Crippen molar-refractivity contribution in [1.29, 1.82) is 0 Å². The Kier molecular flexibility index (Phi) is 5.22. The molecule has 19 heavy (non-hydrogen) atoms. The zero-order chi connectivity index (χ0) is 13.9. The van der Waals surface area contributed by atoms with Crippen molar-refractivity contribution in [2.75, 3.05) is 11.5 Å².